The number of alkyl halides is 6. The molecule has 232 valence electrons. The molecule has 16 heteroatoms. The molecule has 1 aromatic heterocycles. The molecule has 9 nitrogen and oxygen atoms in total. The molecule has 0 fully saturated rings. The summed E-state index contributed by atoms with van der Waals surface area (Å²) in [6.45, 7) is 6.22. The quantitative estimate of drug-likeness (QED) is 0.246. The molecule has 42 heavy (non-hydrogen) atoms. The van der Waals surface area contributed by atoms with Gasteiger partial charge in [-0.05, 0) is 57.9 Å². The van der Waals surface area contributed by atoms with Gasteiger partial charge in [0.05, 0.1) is 17.8 Å². The van der Waals surface area contributed by atoms with Gasteiger partial charge in [-0.15, -0.1) is 0 Å². The van der Waals surface area contributed by atoms with Gasteiger partial charge in [-0.2, -0.15) is 26.3 Å². The van der Waals surface area contributed by atoms with E-state index in [0.29, 0.717) is 38.2 Å². The number of nitrogens with zero attached hydrogens (tertiary/aromatic N) is 2. The Kier molecular flexibility index (Phi) is 8.84. The Labute approximate surface area is 238 Å². The molecule has 0 radical (unpaired) electrons. The van der Waals surface area contributed by atoms with E-state index < -0.39 is 56.0 Å². The van der Waals surface area contributed by atoms with Crippen LogP contribution in [0.1, 0.15) is 53.0 Å². The first-order chi connectivity index (χ1) is 19.0. The first kappa shape index (κ1) is 32.9. The third kappa shape index (κ3) is 7.25. The van der Waals surface area contributed by atoms with Crippen LogP contribution in [0.3, 0.4) is 0 Å². The second kappa shape index (κ2) is 11.3. The van der Waals surface area contributed by atoms with Crippen LogP contribution in [0.4, 0.5) is 42.5 Å². The van der Waals surface area contributed by atoms with Gasteiger partial charge < -0.3 is 14.9 Å². The van der Waals surface area contributed by atoms with Crippen LogP contribution in [0.15, 0.2) is 41.6 Å². The largest absolute Gasteiger partial charge is 0.486 e. The highest BCUT2D eigenvalue weighted by atomic mass is 32.2. The molecule has 1 amide bonds. The van der Waals surface area contributed by atoms with Gasteiger partial charge in [-0.25, -0.2) is 13.2 Å². The highest BCUT2D eigenvalue weighted by Gasteiger charge is 2.51. The molecule has 1 aliphatic heterocycles. The molecule has 0 spiro atoms. The monoisotopic (exact) mass is 624 g/mol. The van der Waals surface area contributed by atoms with Crippen molar-refractivity contribution in [2.24, 2.45) is 5.41 Å². The zero-order chi connectivity index (χ0) is 31.9. The number of aromatic nitrogens is 1. The van der Waals surface area contributed by atoms with E-state index in [1.807, 2.05) is 13.8 Å². The number of nitrogens with one attached hydrogen (secondary N) is 2. The van der Waals surface area contributed by atoms with Crippen LogP contribution < -0.4 is 14.4 Å². The normalized spacial score (nSPS) is 16.4. The summed E-state index contributed by atoms with van der Waals surface area (Å²) in [5.74, 6) is -0.00585. The summed E-state index contributed by atoms with van der Waals surface area (Å²) in [4.78, 5) is 14.9. The van der Waals surface area contributed by atoms with E-state index in [-0.39, 0.29) is 30.1 Å². The van der Waals surface area contributed by atoms with Crippen molar-refractivity contribution >= 4 is 33.2 Å². The minimum Gasteiger partial charge on any atom is -0.486 e. The number of rotatable bonds is 8. The Morgan fingerprint density at radius 1 is 1.12 bits per heavy atom. The molecule has 1 aliphatic rings. The molecule has 2 heterocycles. The number of benzene rings is 1. The van der Waals surface area contributed by atoms with Gasteiger partial charge in [-0.1, -0.05) is 13.8 Å². The summed E-state index contributed by atoms with van der Waals surface area (Å²) in [7, 11) is -4.70. The molecule has 1 atom stereocenters. The van der Waals surface area contributed by atoms with E-state index in [1.54, 1.807) is 6.92 Å². The summed E-state index contributed by atoms with van der Waals surface area (Å²) in [5.41, 5.74) is -4.63. The molecule has 0 saturated carbocycles. The Balaban J connectivity index is 2.01. The SMILES string of the molecule is CC(=N)C(C)(C)CCC1CN(S(=O)(=O)c2cncc(C(F)(F)F)c2)c2cc(NC(=O)OC(C)(C)C(F)(F)F)ccc2O1. The topological polar surface area (TPSA) is 122 Å². The molecule has 0 bridgehead atoms. The van der Waals surface area contributed by atoms with Crippen molar-refractivity contribution in [2.75, 3.05) is 16.2 Å². The van der Waals surface area contributed by atoms with Crippen molar-refractivity contribution in [3.05, 3.63) is 42.2 Å². The minimum absolute atomic E-state index is 0.00585. The van der Waals surface area contributed by atoms with E-state index in [4.69, 9.17) is 10.1 Å². The maximum absolute atomic E-state index is 13.7. The number of sulfonamides is 1. The fourth-order valence-electron chi connectivity index (χ4n) is 3.75. The molecular formula is C26H30F6N4O5S. The van der Waals surface area contributed by atoms with Crippen LogP contribution in [-0.4, -0.2) is 49.6 Å². The van der Waals surface area contributed by atoms with Crippen LogP contribution in [-0.2, 0) is 20.9 Å². The smallest absolute Gasteiger partial charge is 0.427 e. The van der Waals surface area contributed by atoms with Gasteiger partial charge in [0.2, 0.25) is 5.60 Å². The minimum atomic E-state index is -4.88. The van der Waals surface area contributed by atoms with Crippen molar-refractivity contribution in [3.63, 3.8) is 0 Å². The summed E-state index contributed by atoms with van der Waals surface area (Å²) in [6.07, 6.45) is -10.1. The van der Waals surface area contributed by atoms with Crippen LogP contribution in [0, 0.1) is 10.8 Å². The average Bonchev–Trinajstić information content (AvgIpc) is 2.85. The molecule has 0 saturated heterocycles. The van der Waals surface area contributed by atoms with Gasteiger partial charge in [0, 0.05) is 29.2 Å². The zero-order valence-corrected chi connectivity index (χ0v) is 24.1. The number of ether oxygens (including phenoxy) is 2. The predicted molar refractivity (Wildman–Crippen MR) is 141 cm³/mol. The van der Waals surface area contributed by atoms with Crippen molar-refractivity contribution in [2.45, 2.75) is 76.4 Å². The van der Waals surface area contributed by atoms with Gasteiger partial charge >= 0.3 is 18.4 Å². The van der Waals surface area contributed by atoms with E-state index >= 15 is 0 Å². The summed E-state index contributed by atoms with van der Waals surface area (Å²) in [5, 5.41) is 10.1. The number of fused-ring (bicyclic) bond motifs is 1. The lowest BCUT2D eigenvalue weighted by Gasteiger charge is -2.37. The first-order valence-corrected chi connectivity index (χ1v) is 14.0. The Bertz CT molecular complexity index is 1460. The lowest BCUT2D eigenvalue weighted by atomic mass is 9.82. The van der Waals surface area contributed by atoms with Crippen molar-refractivity contribution < 1.29 is 49.0 Å². The Morgan fingerprint density at radius 3 is 2.33 bits per heavy atom. The number of halogens is 6. The number of carbonyl (C=O) groups excluding carboxylic acids is 1. The van der Waals surface area contributed by atoms with E-state index in [9.17, 15) is 39.6 Å². The van der Waals surface area contributed by atoms with Crippen molar-refractivity contribution in [1.29, 1.82) is 5.41 Å². The number of hydrogen-bond acceptors (Lipinski definition) is 7. The van der Waals surface area contributed by atoms with Crippen LogP contribution in [0.25, 0.3) is 0 Å². The maximum Gasteiger partial charge on any atom is 0.427 e. The second-order valence-electron chi connectivity index (χ2n) is 10.9. The lowest BCUT2D eigenvalue weighted by molar-refractivity contribution is -0.242. The Hall–Kier alpha value is -3.56. The Morgan fingerprint density at radius 2 is 1.76 bits per heavy atom. The van der Waals surface area contributed by atoms with Crippen molar-refractivity contribution in [3.8, 4) is 5.75 Å². The van der Waals surface area contributed by atoms with Gasteiger partial charge in [0.1, 0.15) is 16.7 Å². The molecule has 1 unspecified atom stereocenters. The number of hydrogen-bond donors (Lipinski definition) is 2. The fourth-order valence-corrected chi connectivity index (χ4v) is 5.24. The summed E-state index contributed by atoms with van der Waals surface area (Å²) < 4.78 is 118. The number of amides is 1. The third-order valence-corrected chi connectivity index (χ3v) is 8.65. The molecular weight excluding hydrogens is 594 g/mol. The zero-order valence-electron chi connectivity index (χ0n) is 23.3. The molecule has 1 aromatic carbocycles. The van der Waals surface area contributed by atoms with Crippen LogP contribution >= 0.6 is 0 Å². The van der Waals surface area contributed by atoms with E-state index in [2.05, 4.69) is 15.0 Å². The highest BCUT2D eigenvalue weighted by molar-refractivity contribution is 7.92. The summed E-state index contributed by atoms with van der Waals surface area (Å²) in [6, 6.07) is 4.04. The van der Waals surface area contributed by atoms with Crippen molar-refractivity contribution in [1.82, 2.24) is 4.98 Å². The van der Waals surface area contributed by atoms with Gasteiger partial charge in [0.25, 0.3) is 10.0 Å². The second-order valence-corrected chi connectivity index (χ2v) is 12.8. The summed E-state index contributed by atoms with van der Waals surface area (Å²) >= 11 is 0. The van der Waals surface area contributed by atoms with Gasteiger partial charge in [-0.3, -0.25) is 14.6 Å². The van der Waals surface area contributed by atoms with Crippen LogP contribution in [0.5, 0.6) is 5.75 Å². The maximum atomic E-state index is 13.7. The number of carbonyl (C=O) groups is 1. The number of anilines is 2. The molecule has 0 aliphatic carbocycles. The molecule has 2 N–H and O–H groups in total. The predicted octanol–water partition coefficient (Wildman–Crippen LogP) is 6.79. The highest BCUT2D eigenvalue weighted by Crippen LogP contribution is 2.41. The fraction of sp³-hybridized carbons (Fsp3) is 0.500. The molecule has 3 rings (SSSR count). The van der Waals surface area contributed by atoms with E-state index in [0.717, 1.165) is 16.6 Å². The first-order valence-electron chi connectivity index (χ1n) is 12.5. The third-order valence-electron chi connectivity index (χ3n) is 6.90. The standard InChI is InChI=1S/C26H30F6N4O5S/c1-15(33)23(2,3)9-8-18-14-36(42(38,39)19-10-16(12-34-13-19)25(27,28)29)20-11-17(6-7-21(20)40-18)35-22(37)41-24(4,5)26(30,31)32/h6-7,10-13,18,33H,8-9,14H2,1-5H3,(H,35,37). The molecule has 2 aromatic rings. The van der Waals surface area contributed by atoms with Crippen LogP contribution in [0.2, 0.25) is 0 Å². The van der Waals surface area contributed by atoms with E-state index in [1.165, 1.54) is 12.1 Å². The number of pyridine rings is 1. The lowest BCUT2D eigenvalue weighted by Crippen LogP contribution is -2.44. The van der Waals surface area contributed by atoms with Gasteiger partial charge in [0.15, 0.2) is 0 Å². The average molecular weight is 625 g/mol.